The van der Waals surface area contributed by atoms with Crippen LogP contribution >= 0.6 is 27.5 Å². The Bertz CT molecular complexity index is 455. The van der Waals surface area contributed by atoms with Gasteiger partial charge in [-0.05, 0) is 31.2 Å². The highest BCUT2D eigenvalue weighted by atomic mass is 79.9. The fourth-order valence-corrected chi connectivity index (χ4v) is 3.82. The molecule has 2 N–H and O–H groups in total. The minimum Gasteiger partial charge on any atom is -0.329 e. The Hall–Kier alpha value is -0.130. The summed E-state index contributed by atoms with van der Waals surface area (Å²) in [6.45, 7) is 9.41. The molecule has 5 heteroatoms. The van der Waals surface area contributed by atoms with Crippen molar-refractivity contribution in [3.8, 4) is 0 Å². The highest BCUT2D eigenvalue weighted by molar-refractivity contribution is 9.10. The van der Waals surface area contributed by atoms with Crippen molar-refractivity contribution in [3.63, 3.8) is 0 Å². The molecule has 2 unspecified atom stereocenters. The van der Waals surface area contributed by atoms with Crippen LogP contribution in [-0.2, 0) is 0 Å². The van der Waals surface area contributed by atoms with Crippen molar-refractivity contribution in [1.29, 1.82) is 0 Å². The van der Waals surface area contributed by atoms with Crippen LogP contribution in [-0.4, -0.2) is 48.6 Å². The van der Waals surface area contributed by atoms with Gasteiger partial charge >= 0.3 is 0 Å². The summed E-state index contributed by atoms with van der Waals surface area (Å²) in [5, 5.41) is 0.792. The predicted molar refractivity (Wildman–Crippen MR) is 89.2 cm³/mol. The summed E-state index contributed by atoms with van der Waals surface area (Å²) in [4.78, 5) is 4.97. The summed E-state index contributed by atoms with van der Waals surface area (Å²) < 4.78 is 1.01. The third-order valence-corrected chi connectivity index (χ3v) is 5.01. The molecular weight excluding hydrogens is 338 g/mol. The van der Waals surface area contributed by atoms with Crippen LogP contribution in [0.3, 0.4) is 0 Å². The second-order valence-corrected chi connectivity index (χ2v) is 6.71. The van der Waals surface area contributed by atoms with E-state index in [1.165, 1.54) is 0 Å². The van der Waals surface area contributed by atoms with Crippen LogP contribution in [0.1, 0.15) is 25.5 Å². The largest absolute Gasteiger partial charge is 0.329 e. The molecule has 1 saturated heterocycles. The summed E-state index contributed by atoms with van der Waals surface area (Å²) >= 11 is 9.85. The van der Waals surface area contributed by atoms with Gasteiger partial charge in [0.25, 0.3) is 0 Å². The van der Waals surface area contributed by atoms with Crippen molar-refractivity contribution in [2.75, 3.05) is 32.7 Å². The maximum absolute atomic E-state index is 6.39. The first-order chi connectivity index (χ1) is 9.56. The molecule has 20 heavy (non-hydrogen) atoms. The van der Waals surface area contributed by atoms with Gasteiger partial charge in [-0.15, -0.1) is 0 Å². The molecule has 2 rings (SSSR count). The van der Waals surface area contributed by atoms with E-state index in [4.69, 9.17) is 17.3 Å². The molecule has 1 heterocycles. The van der Waals surface area contributed by atoms with E-state index in [9.17, 15) is 0 Å². The van der Waals surface area contributed by atoms with E-state index in [1.807, 2.05) is 12.1 Å². The van der Waals surface area contributed by atoms with Crippen LogP contribution in [0.25, 0.3) is 0 Å². The average Bonchev–Trinajstić information content (AvgIpc) is 2.42. The van der Waals surface area contributed by atoms with Gasteiger partial charge in [-0.3, -0.25) is 9.80 Å². The molecule has 2 atom stereocenters. The SMILES string of the molecule is CCN1CCN(C(CN)c2ccc(Br)cc2Cl)CC1C. The molecule has 0 aromatic heterocycles. The highest BCUT2D eigenvalue weighted by Gasteiger charge is 2.28. The number of halogens is 2. The molecular formula is C15H23BrClN3. The van der Waals surface area contributed by atoms with Crippen LogP contribution in [0.15, 0.2) is 22.7 Å². The first kappa shape index (κ1) is 16.2. The van der Waals surface area contributed by atoms with Gasteiger partial charge in [0.2, 0.25) is 0 Å². The molecule has 3 nitrogen and oxygen atoms in total. The number of hydrogen-bond acceptors (Lipinski definition) is 3. The van der Waals surface area contributed by atoms with E-state index in [-0.39, 0.29) is 6.04 Å². The van der Waals surface area contributed by atoms with Crippen LogP contribution in [0, 0.1) is 0 Å². The van der Waals surface area contributed by atoms with E-state index < -0.39 is 0 Å². The Labute approximate surface area is 135 Å². The third kappa shape index (κ3) is 3.55. The Morgan fingerprint density at radius 2 is 2.20 bits per heavy atom. The fourth-order valence-electron chi connectivity index (χ4n) is 3.02. The van der Waals surface area contributed by atoms with E-state index in [0.29, 0.717) is 12.6 Å². The minimum atomic E-state index is 0.206. The van der Waals surface area contributed by atoms with E-state index in [0.717, 1.165) is 41.2 Å². The van der Waals surface area contributed by atoms with Crippen molar-refractivity contribution in [1.82, 2.24) is 9.80 Å². The van der Waals surface area contributed by atoms with Crippen LogP contribution in [0.5, 0.6) is 0 Å². The lowest BCUT2D eigenvalue weighted by molar-refractivity contribution is 0.0607. The molecule has 1 aliphatic heterocycles. The normalized spacial score (nSPS) is 22.9. The predicted octanol–water partition coefficient (Wildman–Crippen LogP) is 3.13. The average molecular weight is 361 g/mol. The summed E-state index contributed by atoms with van der Waals surface area (Å²) in [5.74, 6) is 0. The Morgan fingerprint density at radius 1 is 1.45 bits per heavy atom. The topological polar surface area (TPSA) is 32.5 Å². The van der Waals surface area contributed by atoms with E-state index in [2.05, 4.69) is 45.6 Å². The molecule has 0 spiro atoms. The van der Waals surface area contributed by atoms with Gasteiger partial charge in [0.05, 0.1) is 0 Å². The molecule has 1 aliphatic rings. The molecule has 0 aliphatic carbocycles. The van der Waals surface area contributed by atoms with Crippen molar-refractivity contribution in [2.45, 2.75) is 25.9 Å². The lowest BCUT2D eigenvalue weighted by atomic mass is 10.0. The summed E-state index contributed by atoms with van der Waals surface area (Å²) in [6, 6.07) is 6.84. The van der Waals surface area contributed by atoms with Gasteiger partial charge in [0.1, 0.15) is 0 Å². The van der Waals surface area contributed by atoms with Gasteiger partial charge < -0.3 is 5.73 Å². The maximum atomic E-state index is 6.39. The van der Waals surface area contributed by atoms with Crippen molar-refractivity contribution in [3.05, 3.63) is 33.3 Å². The van der Waals surface area contributed by atoms with Crippen LogP contribution in [0.2, 0.25) is 5.02 Å². The molecule has 1 aromatic carbocycles. The zero-order valence-corrected chi connectivity index (χ0v) is 14.5. The molecule has 0 saturated carbocycles. The lowest BCUT2D eigenvalue weighted by Gasteiger charge is -2.43. The van der Waals surface area contributed by atoms with Crippen molar-refractivity contribution < 1.29 is 0 Å². The molecule has 112 valence electrons. The van der Waals surface area contributed by atoms with Gasteiger partial charge in [0.15, 0.2) is 0 Å². The molecule has 0 bridgehead atoms. The van der Waals surface area contributed by atoms with E-state index >= 15 is 0 Å². The second kappa shape index (κ2) is 7.23. The number of benzene rings is 1. The Morgan fingerprint density at radius 3 is 2.75 bits per heavy atom. The number of rotatable bonds is 4. The Kier molecular flexibility index (Phi) is 5.87. The number of nitrogens with zero attached hydrogens (tertiary/aromatic N) is 2. The van der Waals surface area contributed by atoms with Crippen LogP contribution in [0.4, 0.5) is 0 Å². The fraction of sp³-hybridized carbons (Fsp3) is 0.600. The third-order valence-electron chi connectivity index (χ3n) is 4.19. The van der Waals surface area contributed by atoms with Crippen molar-refractivity contribution >= 4 is 27.5 Å². The standard InChI is InChI=1S/C15H23BrClN3/c1-3-19-6-7-20(10-11(19)2)15(9-18)13-5-4-12(16)8-14(13)17/h4-5,8,11,15H,3,6-7,9-10,18H2,1-2H3. The van der Waals surface area contributed by atoms with Gasteiger partial charge in [-0.2, -0.15) is 0 Å². The number of nitrogens with two attached hydrogens (primary N) is 1. The molecule has 0 radical (unpaired) electrons. The molecule has 1 fully saturated rings. The molecule has 0 amide bonds. The zero-order chi connectivity index (χ0) is 14.7. The van der Waals surface area contributed by atoms with Crippen molar-refractivity contribution in [2.24, 2.45) is 5.73 Å². The summed E-state index contributed by atoms with van der Waals surface area (Å²) in [7, 11) is 0. The molecule has 1 aromatic rings. The first-order valence-electron chi connectivity index (χ1n) is 7.20. The van der Waals surface area contributed by atoms with Gasteiger partial charge in [-0.25, -0.2) is 0 Å². The maximum Gasteiger partial charge on any atom is 0.0486 e. The zero-order valence-electron chi connectivity index (χ0n) is 12.1. The Balaban J connectivity index is 2.16. The minimum absolute atomic E-state index is 0.206. The van der Waals surface area contributed by atoms with Crippen LogP contribution < -0.4 is 5.73 Å². The van der Waals surface area contributed by atoms with Gasteiger partial charge in [0, 0.05) is 47.8 Å². The monoisotopic (exact) mass is 359 g/mol. The summed E-state index contributed by atoms with van der Waals surface area (Å²) in [6.07, 6.45) is 0. The first-order valence-corrected chi connectivity index (χ1v) is 8.37. The lowest BCUT2D eigenvalue weighted by Crippen LogP contribution is -2.53. The highest BCUT2D eigenvalue weighted by Crippen LogP contribution is 2.30. The smallest absolute Gasteiger partial charge is 0.0486 e. The van der Waals surface area contributed by atoms with E-state index in [1.54, 1.807) is 0 Å². The summed E-state index contributed by atoms with van der Waals surface area (Å²) in [5.41, 5.74) is 7.16. The van der Waals surface area contributed by atoms with Gasteiger partial charge in [-0.1, -0.05) is 40.5 Å². The second-order valence-electron chi connectivity index (χ2n) is 5.39. The number of piperazine rings is 1. The number of likely N-dealkylation sites (N-methyl/N-ethyl adjacent to an activating group) is 1. The number of hydrogen-bond donors (Lipinski definition) is 1. The quantitative estimate of drug-likeness (QED) is 0.895.